The number of hydrogen-bond acceptors (Lipinski definition) is 4. The molecule has 2 aromatic rings. The Labute approximate surface area is 148 Å². The maximum Gasteiger partial charge on any atom is 0.230 e. The van der Waals surface area contributed by atoms with E-state index in [9.17, 15) is 4.79 Å². The Kier molecular flexibility index (Phi) is 4.62. The summed E-state index contributed by atoms with van der Waals surface area (Å²) in [7, 11) is 3.53. The van der Waals surface area contributed by atoms with E-state index in [1.54, 1.807) is 11.8 Å². The van der Waals surface area contributed by atoms with Crippen LogP contribution in [0.2, 0.25) is 0 Å². The molecule has 2 atom stereocenters. The van der Waals surface area contributed by atoms with E-state index in [0.29, 0.717) is 0 Å². The number of hydrogen-bond donors (Lipinski definition) is 0. The van der Waals surface area contributed by atoms with Crippen molar-refractivity contribution < 1.29 is 13.9 Å². The van der Waals surface area contributed by atoms with Gasteiger partial charge in [0.05, 0.1) is 30.3 Å². The third-order valence-corrected chi connectivity index (χ3v) is 5.19. The van der Waals surface area contributed by atoms with Crippen LogP contribution in [0.3, 0.4) is 0 Å². The fourth-order valence-corrected chi connectivity index (χ4v) is 4.07. The lowest BCUT2D eigenvalue weighted by molar-refractivity contribution is -0.133. The van der Waals surface area contributed by atoms with Gasteiger partial charge in [-0.05, 0) is 46.6 Å². The molecule has 0 bridgehead atoms. The third kappa shape index (κ3) is 2.94. The topological polar surface area (TPSA) is 60.5 Å². The van der Waals surface area contributed by atoms with Gasteiger partial charge in [0, 0.05) is 19.2 Å². The Bertz CT molecular complexity index is 790. The summed E-state index contributed by atoms with van der Waals surface area (Å²) >= 11 is 0. The van der Waals surface area contributed by atoms with Gasteiger partial charge < -0.3 is 14.1 Å². The van der Waals surface area contributed by atoms with Crippen LogP contribution in [0.15, 0.2) is 10.5 Å². The van der Waals surface area contributed by atoms with E-state index in [0.717, 1.165) is 53.6 Å². The number of rotatable bonds is 4. The third-order valence-electron chi connectivity index (χ3n) is 5.19. The molecule has 1 fully saturated rings. The van der Waals surface area contributed by atoms with Gasteiger partial charge in [-0.1, -0.05) is 0 Å². The van der Waals surface area contributed by atoms with Crippen molar-refractivity contribution in [1.82, 2.24) is 14.7 Å². The van der Waals surface area contributed by atoms with E-state index in [-0.39, 0.29) is 17.9 Å². The summed E-state index contributed by atoms with van der Waals surface area (Å²) in [6, 6.07) is 1.99. The maximum absolute atomic E-state index is 13.2. The molecule has 0 aliphatic carbocycles. The summed E-state index contributed by atoms with van der Waals surface area (Å²) in [5.74, 6) is 2.32. The Morgan fingerprint density at radius 2 is 2.12 bits per heavy atom. The zero-order valence-corrected chi connectivity index (χ0v) is 15.9. The van der Waals surface area contributed by atoms with Crippen LogP contribution in [0.5, 0.6) is 5.88 Å². The second-order valence-electron chi connectivity index (χ2n) is 6.91. The van der Waals surface area contributed by atoms with Gasteiger partial charge in [-0.3, -0.25) is 4.79 Å². The number of aryl methyl sites for hydroxylation is 4. The van der Waals surface area contributed by atoms with E-state index in [4.69, 9.17) is 9.15 Å². The van der Waals surface area contributed by atoms with Crippen molar-refractivity contribution >= 4 is 5.91 Å². The van der Waals surface area contributed by atoms with Gasteiger partial charge in [0.1, 0.15) is 11.5 Å². The van der Waals surface area contributed by atoms with Gasteiger partial charge in [-0.15, -0.1) is 0 Å². The number of ether oxygens (including phenoxy) is 1. The standard InChI is InChI=1S/C19H27N3O3/c1-11-10-15(14(4)25-11)12(2)18(23)22-9-7-8-16(22)17-13(3)20-21(5)19(17)24-6/h10,12,16H,7-9H2,1-6H3. The fraction of sp³-hybridized carbons (Fsp3) is 0.579. The van der Waals surface area contributed by atoms with Crippen molar-refractivity contribution in [3.63, 3.8) is 0 Å². The molecule has 1 amide bonds. The molecule has 0 N–H and O–H groups in total. The smallest absolute Gasteiger partial charge is 0.230 e. The van der Waals surface area contributed by atoms with E-state index in [1.165, 1.54) is 0 Å². The number of nitrogens with zero attached hydrogens (tertiary/aromatic N) is 3. The first-order valence-electron chi connectivity index (χ1n) is 8.80. The molecular weight excluding hydrogens is 318 g/mol. The number of carbonyl (C=O) groups excluding carboxylic acids is 1. The van der Waals surface area contributed by atoms with Crippen LogP contribution in [0.25, 0.3) is 0 Å². The minimum atomic E-state index is -0.221. The lowest BCUT2D eigenvalue weighted by Crippen LogP contribution is -2.34. The number of aromatic nitrogens is 2. The highest BCUT2D eigenvalue weighted by Crippen LogP contribution is 2.40. The lowest BCUT2D eigenvalue weighted by Gasteiger charge is -2.28. The molecule has 0 saturated carbocycles. The van der Waals surface area contributed by atoms with Crippen molar-refractivity contribution in [3.8, 4) is 5.88 Å². The monoisotopic (exact) mass is 345 g/mol. The van der Waals surface area contributed by atoms with Crippen LogP contribution in [-0.4, -0.2) is 34.2 Å². The minimum absolute atomic E-state index is 0.0203. The number of methoxy groups -OCH3 is 1. The molecule has 3 heterocycles. The van der Waals surface area contributed by atoms with Crippen molar-refractivity contribution in [2.45, 2.75) is 52.5 Å². The predicted octanol–water partition coefficient (Wildman–Crippen LogP) is 3.41. The average molecular weight is 345 g/mol. The molecule has 25 heavy (non-hydrogen) atoms. The van der Waals surface area contributed by atoms with Gasteiger partial charge in [-0.2, -0.15) is 5.10 Å². The summed E-state index contributed by atoms with van der Waals surface area (Å²) in [4.78, 5) is 15.2. The molecule has 2 unspecified atom stereocenters. The molecule has 6 nitrogen and oxygen atoms in total. The van der Waals surface area contributed by atoms with Crippen LogP contribution in [0.4, 0.5) is 0 Å². The average Bonchev–Trinajstić information content (AvgIpc) is 3.22. The largest absolute Gasteiger partial charge is 0.481 e. The van der Waals surface area contributed by atoms with E-state index >= 15 is 0 Å². The van der Waals surface area contributed by atoms with Gasteiger partial charge in [-0.25, -0.2) is 4.68 Å². The van der Waals surface area contributed by atoms with Crippen molar-refractivity contribution in [1.29, 1.82) is 0 Å². The molecule has 0 spiro atoms. The summed E-state index contributed by atoms with van der Waals surface area (Å²) in [5.41, 5.74) is 2.93. The van der Waals surface area contributed by atoms with Gasteiger partial charge >= 0.3 is 0 Å². The number of furan rings is 1. The highest BCUT2D eigenvalue weighted by atomic mass is 16.5. The van der Waals surface area contributed by atoms with E-state index in [2.05, 4.69) is 5.10 Å². The van der Waals surface area contributed by atoms with Crippen molar-refractivity contribution in [2.24, 2.45) is 7.05 Å². The van der Waals surface area contributed by atoms with Crippen molar-refractivity contribution in [2.75, 3.05) is 13.7 Å². The van der Waals surface area contributed by atoms with E-state index < -0.39 is 0 Å². The zero-order valence-electron chi connectivity index (χ0n) is 15.9. The van der Waals surface area contributed by atoms with E-state index in [1.807, 2.05) is 45.7 Å². The summed E-state index contributed by atoms with van der Waals surface area (Å²) in [5, 5.41) is 4.48. The van der Waals surface area contributed by atoms with Crippen LogP contribution < -0.4 is 4.74 Å². The first kappa shape index (κ1) is 17.6. The van der Waals surface area contributed by atoms with Gasteiger partial charge in [0.2, 0.25) is 11.8 Å². The quantitative estimate of drug-likeness (QED) is 0.852. The predicted molar refractivity (Wildman–Crippen MR) is 94.8 cm³/mol. The molecule has 0 radical (unpaired) electrons. The zero-order chi connectivity index (χ0) is 18.3. The van der Waals surface area contributed by atoms with Crippen LogP contribution >= 0.6 is 0 Å². The first-order valence-corrected chi connectivity index (χ1v) is 8.80. The first-order chi connectivity index (χ1) is 11.8. The van der Waals surface area contributed by atoms with Gasteiger partial charge in [0.15, 0.2) is 0 Å². The number of amides is 1. The second-order valence-corrected chi connectivity index (χ2v) is 6.91. The number of likely N-dealkylation sites (tertiary alicyclic amines) is 1. The molecule has 0 aromatic carbocycles. The number of carbonyl (C=O) groups is 1. The van der Waals surface area contributed by atoms with Crippen LogP contribution in [0.1, 0.15) is 60.1 Å². The molecule has 1 saturated heterocycles. The Hall–Kier alpha value is -2.24. The minimum Gasteiger partial charge on any atom is -0.481 e. The molecule has 1 aliphatic heterocycles. The van der Waals surface area contributed by atoms with Crippen LogP contribution in [-0.2, 0) is 11.8 Å². The molecular formula is C19H27N3O3. The normalized spacial score (nSPS) is 18.6. The highest BCUT2D eigenvalue weighted by molar-refractivity contribution is 5.84. The Morgan fingerprint density at radius 1 is 1.40 bits per heavy atom. The summed E-state index contributed by atoms with van der Waals surface area (Å²) < 4.78 is 12.9. The lowest BCUT2D eigenvalue weighted by atomic mass is 9.98. The molecule has 2 aromatic heterocycles. The van der Waals surface area contributed by atoms with Gasteiger partial charge in [0.25, 0.3) is 0 Å². The molecule has 3 rings (SSSR count). The summed E-state index contributed by atoms with van der Waals surface area (Å²) in [6.07, 6.45) is 1.93. The SMILES string of the molecule is COc1c(C2CCCN2C(=O)C(C)c2cc(C)oc2C)c(C)nn1C. The van der Waals surface area contributed by atoms with Crippen LogP contribution in [0, 0.1) is 20.8 Å². The highest BCUT2D eigenvalue weighted by Gasteiger charge is 2.37. The Balaban J connectivity index is 1.92. The fourth-order valence-electron chi connectivity index (χ4n) is 4.07. The summed E-state index contributed by atoms with van der Waals surface area (Å²) in [6.45, 7) is 8.54. The Morgan fingerprint density at radius 3 is 2.72 bits per heavy atom. The van der Waals surface area contributed by atoms with Crippen molar-refractivity contribution in [3.05, 3.63) is 34.4 Å². The molecule has 6 heteroatoms. The maximum atomic E-state index is 13.2. The second kappa shape index (κ2) is 6.58. The molecule has 136 valence electrons. The molecule has 1 aliphatic rings.